The van der Waals surface area contributed by atoms with Crippen molar-refractivity contribution >= 4 is 28.3 Å². The molecule has 4 rings (SSSR count). The maximum atomic E-state index is 12.2. The van der Waals surface area contributed by atoms with Gasteiger partial charge in [-0.3, -0.25) is 19.7 Å². The first-order chi connectivity index (χ1) is 15.6. The number of furan rings is 1. The molecule has 4 heterocycles. The Morgan fingerprint density at radius 1 is 1.12 bits per heavy atom. The van der Waals surface area contributed by atoms with Gasteiger partial charge in [-0.15, -0.1) is 11.3 Å². The summed E-state index contributed by atoms with van der Waals surface area (Å²) < 4.78 is 6.55. The average Bonchev–Trinajstić information content (AvgIpc) is 3.48. The molecule has 0 unspecified atom stereocenters. The second-order valence-electron chi connectivity index (χ2n) is 6.45. The third kappa shape index (κ3) is 5.29. The Bertz CT molecular complexity index is 1270. The van der Waals surface area contributed by atoms with E-state index in [0.717, 1.165) is 0 Å². The van der Waals surface area contributed by atoms with E-state index in [1.165, 1.54) is 40.7 Å². The van der Waals surface area contributed by atoms with E-state index in [9.17, 15) is 14.4 Å². The monoisotopic (exact) mass is 451 g/mol. The van der Waals surface area contributed by atoms with Crippen molar-refractivity contribution in [2.24, 2.45) is 0 Å². The minimum Gasteiger partial charge on any atom is -0.463 e. The van der Waals surface area contributed by atoms with E-state index < -0.39 is 5.91 Å². The lowest BCUT2D eigenvalue weighted by Crippen LogP contribution is -2.32. The molecule has 11 nitrogen and oxygen atoms in total. The summed E-state index contributed by atoms with van der Waals surface area (Å²) in [5.74, 6) is -0.171. The second kappa shape index (κ2) is 9.75. The standard InChI is InChI=1S/C20H17N7O4S/c28-16(11-13-12-32-20(24-13)25-19(30)18-22-6-2-7-23-18)21-8-9-27-17(29)5-4-14(26-27)15-3-1-10-31-15/h1-7,10,12H,8-9,11H2,(H,21,28)(H,24,25,30). The van der Waals surface area contributed by atoms with Crippen LogP contribution in [0, 0.1) is 0 Å². The molecule has 0 radical (unpaired) electrons. The smallest absolute Gasteiger partial charge is 0.295 e. The highest BCUT2D eigenvalue weighted by Gasteiger charge is 2.13. The number of carbonyl (C=O) groups excluding carboxylic acids is 2. The molecular weight excluding hydrogens is 434 g/mol. The van der Waals surface area contributed by atoms with Crippen LogP contribution in [0.2, 0.25) is 0 Å². The summed E-state index contributed by atoms with van der Waals surface area (Å²) in [6.45, 7) is 0.418. The van der Waals surface area contributed by atoms with Crippen molar-refractivity contribution in [1.82, 2.24) is 30.0 Å². The molecule has 12 heteroatoms. The molecule has 0 saturated carbocycles. The average molecular weight is 451 g/mol. The van der Waals surface area contributed by atoms with Gasteiger partial charge in [0.25, 0.3) is 11.5 Å². The largest absolute Gasteiger partial charge is 0.463 e. The molecule has 162 valence electrons. The number of hydrogen-bond acceptors (Lipinski definition) is 9. The molecule has 0 atom stereocenters. The van der Waals surface area contributed by atoms with E-state index in [2.05, 4.69) is 30.7 Å². The fourth-order valence-corrected chi connectivity index (χ4v) is 3.41. The quantitative estimate of drug-likeness (QED) is 0.408. The summed E-state index contributed by atoms with van der Waals surface area (Å²) in [6, 6.07) is 8.07. The van der Waals surface area contributed by atoms with Gasteiger partial charge < -0.3 is 9.73 Å². The van der Waals surface area contributed by atoms with Gasteiger partial charge in [0.15, 0.2) is 10.9 Å². The molecule has 0 aromatic carbocycles. The van der Waals surface area contributed by atoms with Crippen molar-refractivity contribution in [3.8, 4) is 11.5 Å². The molecule has 4 aromatic heterocycles. The number of hydrogen-bond donors (Lipinski definition) is 2. The maximum Gasteiger partial charge on any atom is 0.295 e. The highest BCUT2D eigenvalue weighted by atomic mass is 32.1. The minimum atomic E-state index is -0.481. The van der Waals surface area contributed by atoms with E-state index in [0.29, 0.717) is 22.3 Å². The molecule has 0 aliphatic rings. The van der Waals surface area contributed by atoms with Crippen LogP contribution in [0.1, 0.15) is 16.3 Å². The zero-order valence-electron chi connectivity index (χ0n) is 16.6. The van der Waals surface area contributed by atoms with Crippen LogP contribution in [0.25, 0.3) is 11.5 Å². The fourth-order valence-electron chi connectivity index (χ4n) is 2.71. The van der Waals surface area contributed by atoms with Crippen LogP contribution in [-0.2, 0) is 17.8 Å². The molecule has 0 aliphatic carbocycles. The van der Waals surface area contributed by atoms with Gasteiger partial charge in [0.1, 0.15) is 5.69 Å². The summed E-state index contributed by atoms with van der Waals surface area (Å²) in [6.07, 6.45) is 4.49. The molecule has 0 saturated heterocycles. The molecule has 2 amide bonds. The van der Waals surface area contributed by atoms with Crippen LogP contribution < -0.4 is 16.2 Å². The van der Waals surface area contributed by atoms with Crippen LogP contribution >= 0.6 is 11.3 Å². The van der Waals surface area contributed by atoms with E-state index in [1.54, 1.807) is 29.6 Å². The Morgan fingerprint density at radius 2 is 1.97 bits per heavy atom. The third-order valence-electron chi connectivity index (χ3n) is 4.17. The van der Waals surface area contributed by atoms with Crippen molar-refractivity contribution < 1.29 is 14.0 Å². The normalized spacial score (nSPS) is 10.6. The van der Waals surface area contributed by atoms with Crippen molar-refractivity contribution in [3.05, 3.63) is 76.2 Å². The zero-order valence-corrected chi connectivity index (χ0v) is 17.4. The first-order valence-electron chi connectivity index (χ1n) is 9.50. The lowest BCUT2D eigenvalue weighted by atomic mass is 10.3. The van der Waals surface area contributed by atoms with Crippen LogP contribution in [0.5, 0.6) is 0 Å². The topological polar surface area (TPSA) is 145 Å². The third-order valence-corrected chi connectivity index (χ3v) is 4.98. The Morgan fingerprint density at radius 3 is 2.75 bits per heavy atom. The molecule has 0 fully saturated rings. The maximum absolute atomic E-state index is 12.2. The van der Waals surface area contributed by atoms with E-state index >= 15 is 0 Å². The summed E-state index contributed by atoms with van der Waals surface area (Å²) in [5.41, 5.74) is 0.752. The number of nitrogens with zero attached hydrogens (tertiary/aromatic N) is 5. The number of aromatic nitrogens is 5. The number of carbonyl (C=O) groups is 2. The van der Waals surface area contributed by atoms with E-state index in [-0.39, 0.29) is 36.8 Å². The number of rotatable bonds is 8. The van der Waals surface area contributed by atoms with E-state index in [4.69, 9.17) is 4.42 Å². The van der Waals surface area contributed by atoms with Gasteiger partial charge in [-0.2, -0.15) is 5.10 Å². The Balaban J connectivity index is 1.27. The fraction of sp³-hybridized carbons (Fsp3) is 0.150. The van der Waals surface area contributed by atoms with Gasteiger partial charge >= 0.3 is 0 Å². The lowest BCUT2D eigenvalue weighted by molar-refractivity contribution is -0.120. The van der Waals surface area contributed by atoms with Gasteiger partial charge in [-0.1, -0.05) is 0 Å². The van der Waals surface area contributed by atoms with Crippen LogP contribution in [0.3, 0.4) is 0 Å². The van der Waals surface area contributed by atoms with Gasteiger partial charge in [0.2, 0.25) is 11.7 Å². The second-order valence-corrected chi connectivity index (χ2v) is 7.31. The zero-order chi connectivity index (χ0) is 22.3. The molecular formula is C20H17N7O4S. The SMILES string of the molecule is O=C(Cc1csc(NC(=O)c2ncccn2)n1)NCCn1nc(-c2ccco2)ccc1=O. The van der Waals surface area contributed by atoms with Crippen LogP contribution in [-0.4, -0.2) is 43.1 Å². The number of anilines is 1. The predicted octanol–water partition coefficient (Wildman–Crippen LogP) is 1.36. The lowest BCUT2D eigenvalue weighted by Gasteiger charge is -2.07. The van der Waals surface area contributed by atoms with Crippen molar-refractivity contribution in [3.63, 3.8) is 0 Å². The van der Waals surface area contributed by atoms with Crippen molar-refractivity contribution in [1.29, 1.82) is 0 Å². The Hall–Kier alpha value is -4.19. The van der Waals surface area contributed by atoms with Crippen molar-refractivity contribution in [2.45, 2.75) is 13.0 Å². The first-order valence-corrected chi connectivity index (χ1v) is 10.4. The molecule has 32 heavy (non-hydrogen) atoms. The van der Waals surface area contributed by atoms with Crippen LogP contribution in [0.15, 0.2) is 63.6 Å². The highest BCUT2D eigenvalue weighted by Crippen LogP contribution is 2.16. The Labute approximate surface area is 185 Å². The van der Waals surface area contributed by atoms with Gasteiger partial charge in [0.05, 0.1) is 24.9 Å². The molecule has 2 N–H and O–H groups in total. The predicted molar refractivity (Wildman–Crippen MR) is 115 cm³/mol. The van der Waals surface area contributed by atoms with Crippen molar-refractivity contribution in [2.75, 3.05) is 11.9 Å². The highest BCUT2D eigenvalue weighted by molar-refractivity contribution is 7.14. The summed E-state index contributed by atoms with van der Waals surface area (Å²) >= 11 is 1.19. The molecule has 0 spiro atoms. The van der Waals surface area contributed by atoms with Gasteiger partial charge in [-0.25, -0.2) is 19.6 Å². The summed E-state index contributed by atoms with van der Waals surface area (Å²) in [5, 5.41) is 11.6. The molecule has 0 bridgehead atoms. The Kier molecular flexibility index (Phi) is 6.41. The minimum absolute atomic E-state index is 0.0296. The first kappa shape index (κ1) is 21.1. The van der Waals surface area contributed by atoms with Gasteiger partial charge in [-0.05, 0) is 24.3 Å². The number of amides is 2. The van der Waals surface area contributed by atoms with Crippen LogP contribution in [0.4, 0.5) is 5.13 Å². The number of nitrogens with one attached hydrogen (secondary N) is 2. The molecule has 0 aliphatic heterocycles. The molecule has 4 aromatic rings. The van der Waals surface area contributed by atoms with Gasteiger partial charge in [0, 0.05) is 30.4 Å². The number of thiazole rings is 1. The summed E-state index contributed by atoms with van der Waals surface area (Å²) in [7, 11) is 0. The summed E-state index contributed by atoms with van der Waals surface area (Å²) in [4.78, 5) is 48.3. The van der Waals surface area contributed by atoms with E-state index in [1.807, 2.05) is 0 Å².